The van der Waals surface area contributed by atoms with E-state index in [-0.39, 0.29) is 17.5 Å². The van der Waals surface area contributed by atoms with Crippen molar-refractivity contribution in [2.24, 2.45) is 5.92 Å². The van der Waals surface area contributed by atoms with Crippen LogP contribution >= 0.6 is 0 Å². The van der Waals surface area contributed by atoms with Crippen molar-refractivity contribution in [2.75, 3.05) is 23.3 Å². The molecular weight excluding hydrogens is 409 g/mol. The maximum atomic E-state index is 13.0. The maximum absolute atomic E-state index is 13.0. The quantitative estimate of drug-likeness (QED) is 0.629. The fourth-order valence-electron chi connectivity index (χ4n) is 3.96. The number of rotatable bonds is 3. The van der Waals surface area contributed by atoms with Gasteiger partial charge in [0, 0.05) is 24.3 Å². The van der Waals surface area contributed by atoms with E-state index in [9.17, 15) is 18.0 Å². The first-order valence-electron chi connectivity index (χ1n) is 10.1. The van der Waals surface area contributed by atoms with E-state index in [0.29, 0.717) is 24.5 Å². The number of fused-ring (bicyclic) bond motifs is 1. The van der Waals surface area contributed by atoms with Gasteiger partial charge in [-0.3, -0.25) is 4.79 Å². The van der Waals surface area contributed by atoms with E-state index in [1.54, 1.807) is 6.92 Å². The van der Waals surface area contributed by atoms with Crippen molar-refractivity contribution in [1.82, 2.24) is 9.97 Å². The third kappa shape index (κ3) is 4.22. The minimum atomic E-state index is -4.46. The Kier molecular flexibility index (Phi) is 5.36. The van der Waals surface area contributed by atoms with Gasteiger partial charge in [0.05, 0.1) is 16.9 Å². The number of aromatic nitrogens is 2. The molecule has 31 heavy (non-hydrogen) atoms. The van der Waals surface area contributed by atoms with Crippen molar-refractivity contribution in [2.45, 2.75) is 39.8 Å². The van der Waals surface area contributed by atoms with Crippen LogP contribution in [0.2, 0.25) is 0 Å². The van der Waals surface area contributed by atoms with Crippen molar-refractivity contribution in [1.29, 1.82) is 0 Å². The van der Waals surface area contributed by atoms with Gasteiger partial charge < -0.3 is 14.6 Å². The van der Waals surface area contributed by atoms with Crippen LogP contribution in [-0.4, -0.2) is 29.0 Å². The topological polar surface area (TPSA) is 71.3 Å². The molecule has 1 N–H and O–H groups in total. The number of alkyl halides is 3. The lowest BCUT2D eigenvalue weighted by molar-refractivity contribution is -0.137. The van der Waals surface area contributed by atoms with Gasteiger partial charge >= 0.3 is 6.18 Å². The third-order valence-corrected chi connectivity index (χ3v) is 5.67. The van der Waals surface area contributed by atoms with Crippen LogP contribution in [0.3, 0.4) is 0 Å². The average molecular weight is 432 g/mol. The molecule has 1 atom stereocenters. The highest BCUT2D eigenvalue weighted by Crippen LogP contribution is 2.34. The maximum Gasteiger partial charge on any atom is 0.416 e. The largest absolute Gasteiger partial charge is 0.443 e. The molecule has 3 heterocycles. The van der Waals surface area contributed by atoms with Crippen LogP contribution in [0.5, 0.6) is 0 Å². The summed E-state index contributed by atoms with van der Waals surface area (Å²) in [5.41, 5.74) is 0.826. The molecule has 0 saturated carbocycles. The molecule has 6 nitrogen and oxygen atoms in total. The third-order valence-electron chi connectivity index (χ3n) is 5.67. The Bertz CT molecular complexity index is 1140. The summed E-state index contributed by atoms with van der Waals surface area (Å²) in [7, 11) is 0. The second-order valence-corrected chi connectivity index (χ2v) is 7.91. The van der Waals surface area contributed by atoms with Crippen molar-refractivity contribution in [3.05, 3.63) is 47.0 Å². The first-order chi connectivity index (χ1) is 14.6. The van der Waals surface area contributed by atoms with E-state index in [1.807, 2.05) is 18.7 Å². The number of nitrogens with one attached hydrogen (secondary N) is 1. The molecule has 2 aromatic heterocycles. The predicted octanol–water partition coefficient (Wildman–Crippen LogP) is 5.02. The average Bonchev–Trinajstić information content (AvgIpc) is 3.00. The monoisotopic (exact) mass is 432 g/mol. The number of benzene rings is 1. The van der Waals surface area contributed by atoms with Gasteiger partial charge in [0.2, 0.25) is 11.6 Å². The SMILES string of the molecule is Cc1nc(N2CCC[C@@H](C(=O)Nc3cccc(C(F)(F)F)c3)C2)c2c(C)c(C)oc2n1. The highest BCUT2D eigenvalue weighted by Gasteiger charge is 2.32. The fraction of sp³-hybridized carbons (Fsp3) is 0.409. The molecule has 9 heteroatoms. The molecule has 1 saturated heterocycles. The van der Waals surface area contributed by atoms with Crippen LogP contribution < -0.4 is 10.2 Å². The number of furan rings is 1. The Morgan fingerprint density at radius 2 is 2.00 bits per heavy atom. The molecular formula is C22H23F3N4O2. The summed E-state index contributed by atoms with van der Waals surface area (Å²) in [6.45, 7) is 6.75. The van der Waals surface area contributed by atoms with Crippen molar-refractivity contribution < 1.29 is 22.4 Å². The lowest BCUT2D eigenvalue weighted by Crippen LogP contribution is -2.41. The van der Waals surface area contributed by atoms with Crippen LogP contribution in [0.15, 0.2) is 28.7 Å². The summed E-state index contributed by atoms with van der Waals surface area (Å²) in [5, 5.41) is 3.48. The van der Waals surface area contributed by atoms with E-state index in [1.165, 1.54) is 12.1 Å². The van der Waals surface area contributed by atoms with Gasteiger partial charge in [-0.15, -0.1) is 0 Å². The normalized spacial score (nSPS) is 17.2. The first-order valence-corrected chi connectivity index (χ1v) is 10.1. The van der Waals surface area contributed by atoms with Crippen molar-refractivity contribution in [3.63, 3.8) is 0 Å². The molecule has 0 unspecified atom stereocenters. The molecule has 1 amide bonds. The number of nitrogens with zero attached hydrogens (tertiary/aromatic N) is 3. The van der Waals surface area contributed by atoms with E-state index >= 15 is 0 Å². The zero-order valence-electron chi connectivity index (χ0n) is 17.5. The molecule has 1 aromatic carbocycles. The molecule has 164 valence electrons. The van der Waals surface area contributed by atoms with Crippen LogP contribution in [0.1, 0.15) is 35.6 Å². The summed E-state index contributed by atoms with van der Waals surface area (Å²) in [5.74, 6) is 1.40. The summed E-state index contributed by atoms with van der Waals surface area (Å²) >= 11 is 0. The number of hydrogen-bond acceptors (Lipinski definition) is 5. The molecule has 0 bridgehead atoms. The second kappa shape index (κ2) is 7.86. The summed E-state index contributed by atoms with van der Waals surface area (Å²) in [6.07, 6.45) is -3.04. The minimum absolute atomic E-state index is 0.138. The fourth-order valence-corrected chi connectivity index (χ4v) is 3.96. The van der Waals surface area contributed by atoms with E-state index in [2.05, 4.69) is 15.3 Å². The number of amides is 1. The van der Waals surface area contributed by atoms with Gasteiger partial charge in [-0.05, 0) is 51.8 Å². The number of halogens is 3. The molecule has 1 aliphatic heterocycles. The van der Waals surface area contributed by atoms with E-state index in [4.69, 9.17) is 4.42 Å². The van der Waals surface area contributed by atoms with Crippen LogP contribution in [0, 0.1) is 26.7 Å². The minimum Gasteiger partial charge on any atom is -0.443 e. The highest BCUT2D eigenvalue weighted by molar-refractivity contribution is 5.94. The summed E-state index contributed by atoms with van der Waals surface area (Å²) < 4.78 is 44.6. The molecule has 3 aromatic rings. The zero-order chi connectivity index (χ0) is 22.3. The number of anilines is 2. The highest BCUT2D eigenvalue weighted by atomic mass is 19.4. The lowest BCUT2D eigenvalue weighted by atomic mass is 9.96. The van der Waals surface area contributed by atoms with Gasteiger partial charge in [-0.1, -0.05) is 6.07 Å². The van der Waals surface area contributed by atoms with Crippen molar-refractivity contribution >= 4 is 28.5 Å². The molecule has 0 radical (unpaired) electrons. The number of carbonyl (C=O) groups is 1. The number of carbonyl (C=O) groups excluding carboxylic acids is 1. The second-order valence-electron chi connectivity index (χ2n) is 7.91. The van der Waals surface area contributed by atoms with Crippen LogP contribution in [-0.2, 0) is 11.0 Å². The summed E-state index contributed by atoms with van der Waals surface area (Å²) in [4.78, 5) is 23.9. The number of aryl methyl sites for hydroxylation is 3. The van der Waals surface area contributed by atoms with Gasteiger partial charge in [0.1, 0.15) is 17.4 Å². The van der Waals surface area contributed by atoms with E-state index in [0.717, 1.165) is 47.6 Å². The smallest absolute Gasteiger partial charge is 0.416 e. The first kappa shape index (κ1) is 21.1. The Balaban J connectivity index is 1.56. The molecule has 4 rings (SSSR count). The van der Waals surface area contributed by atoms with Crippen LogP contribution in [0.4, 0.5) is 24.7 Å². The van der Waals surface area contributed by atoms with Gasteiger partial charge in [0.15, 0.2) is 0 Å². The van der Waals surface area contributed by atoms with Gasteiger partial charge in [-0.25, -0.2) is 4.98 Å². The zero-order valence-corrected chi connectivity index (χ0v) is 17.5. The number of piperidine rings is 1. The summed E-state index contributed by atoms with van der Waals surface area (Å²) in [6, 6.07) is 4.68. The lowest BCUT2D eigenvalue weighted by Gasteiger charge is -2.33. The van der Waals surface area contributed by atoms with Crippen molar-refractivity contribution in [3.8, 4) is 0 Å². The Hall–Kier alpha value is -3.10. The van der Waals surface area contributed by atoms with Gasteiger partial charge in [0.25, 0.3) is 0 Å². The standard InChI is InChI=1S/C22H23F3N4O2/c1-12-13(2)31-21-18(12)19(26-14(3)27-21)29-9-5-6-15(11-29)20(30)28-17-8-4-7-16(10-17)22(23,24)25/h4,7-8,10,15H,5-6,9,11H2,1-3H3,(H,28,30)/t15-/m1/s1. The number of hydrogen-bond donors (Lipinski definition) is 1. The Morgan fingerprint density at radius 1 is 1.23 bits per heavy atom. The Labute approximate surface area is 177 Å². The van der Waals surface area contributed by atoms with Gasteiger partial charge in [-0.2, -0.15) is 18.2 Å². The molecule has 1 aliphatic rings. The Morgan fingerprint density at radius 3 is 2.74 bits per heavy atom. The van der Waals surface area contributed by atoms with E-state index < -0.39 is 11.7 Å². The molecule has 1 fully saturated rings. The molecule has 0 spiro atoms. The predicted molar refractivity (Wildman–Crippen MR) is 111 cm³/mol. The molecule has 0 aliphatic carbocycles. The van der Waals surface area contributed by atoms with Crippen LogP contribution in [0.25, 0.3) is 11.1 Å².